The van der Waals surface area contributed by atoms with Crippen molar-refractivity contribution in [1.82, 2.24) is 0 Å². The van der Waals surface area contributed by atoms with Gasteiger partial charge in [-0.15, -0.1) is 0 Å². The topological polar surface area (TPSA) is 129 Å². The summed E-state index contributed by atoms with van der Waals surface area (Å²) < 4.78 is 11.5. The number of non-ortho nitro benzene ring substituents is 1. The molecule has 34 heavy (non-hydrogen) atoms. The van der Waals surface area contributed by atoms with Crippen LogP contribution in [0.15, 0.2) is 59.7 Å². The number of nitrogens with one attached hydrogen (secondary N) is 1. The first-order valence-electron chi connectivity index (χ1n) is 9.84. The summed E-state index contributed by atoms with van der Waals surface area (Å²) in [5, 5.41) is 27.0. The lowest BCUT2D eigenvalue weighted by Gasteiger charge is -2.14. The van der Waals surface area contributed by atoms with Gasteiger partial charge >= 0.3 is 5.69 Å². The van der Waals surface area contributed by atoms with Crippen LogP contribution in [0.4, 0.5) is 17.1 Å². The van der Waals surface area contributed by atoms with Crippen molar-refractivity contribution in [2.24, 2.45) is 5.10 Å². The standard InChI is InChI=1S/C22H18Cl2N4O6/c1-2-33-21-10-15(9-18(24)22(21)34-13-14-3-5-16(23)6-4-14)12-25-26-19-8-7-17(27(29)30)11-20(19)28(31)32/h3-12,26H,2,13H2,1H3/b25-12-. The van der Waals surface area contributed by atoms with E-state index >= 15 is 0 Å². The van der Waals surface area contributed by atoms with E-state index in [1.165, 1.54) is 12.3 Å². The highest BCUT2D eigenvalue weighted by molar-refractivity contribution is 6.32. The molecule has 0 aliphatic heterocycles. The van der Waals surface area contributed by atoms with Gasteiger partial charge in [-0.3, -0.25) is 25.7 Å². The highest BCUT2D eigenvalue weighted by Gasteiger charge is 2.19. The van der Waals surface area contributed by atoms with E-state index in [0.717, 1.165) is 17.7 Å². The summed E-state index contributed by atoms with van der Waals surface area (Å²) in [6.45, 7) is 2.42. The van der Waals surface area contributed by atoms with Crippen LogP contribution in [0.5, 0.6) is 11.5 Å². The molecule has 0 spiro atoms. The van der Waals surface area contributed by atoms with Crippen molar-refractivity contribution >= 4 is 46.5 Å². The Balaban J connectivity index is 1.79. The number of nitro groups is 2. The summed E-state index contributed by atoms with van der Waals surface area (Å²) in [5.41, 5.74) is 3.06. The summed E-state index contributed by atoms with van der Waals surface area (Å²) in [5.74, 6) is 0.751. The average molecular weight is 505 g/mol. The number of nitro benzene ring substituents is 2. The van der Waals surface area contributed by atoms with Crippen LogP contribution in [0.2, 0.25) is 10.0 Å². The molecule has 0 aliphatic rings. The zero-order valence-electron chi connectivity index (χ0n) is 17.7. The van der Waals surface area contributed by atoms with Crippen LogP contribution < -0.4 is 14.9 Å². The van der Waals surface area contributed by atoms with Gasteiger partial charge in [-0.1, -0.05) is 35.3 Å². The molecule has 176 valence electrons. The highest BCUT2D eigenvalue weighted by atomic mass is 35.5. The molecule has 0 saturated carbocycles. The molecular formula is C22H18Cl2N4O6. The van der Waals surface area contributed by atoms with Gasteiger partial charge in [0.2, 0.25) is 0 Å². The van der Waals surface area contributed by atoms with E-state index in [1.807, 2.05) is 19.1 Å². The third kappa shape index (κ3) is 6.33. The second kappa shape index (κ2) is 11.3. The largest absolute Gasteiger partial charge is 0.490 e. The molecule has 12 heteroatoms. The van der Waals surface area contributed by atoms with Crippen LogP contribution in [0.3, 0.4) is 0 Å². The van der Waals surface area contributed by atoms with E-state index < -0.39 is 21.2 Å². The normalized spacial score (nSPS) is 10.8. The molecule has 3 rings (SSSR count). The van der Waals surface area contributed by atoms with Crippen molar-refractivity contribution in [3.05, 3.63) is 96.0 Å². The van der Waals surface area contributed by atoms with Crippen molar-refractivity contribution in [2.45, 2.75) is 13.5 Å². The van der Waals surface area contributed by atoms with Gasteiger partial charge in [0, 0.05) is 11.1 Å². The maximum atomic E-state index is 11.2. The van der Waals surface area contributed by atoms with Gasteiger partial charge in [0.1, 0.15) is 12.3 Å². The minimum atomic E-state index is -0.734. The third-order valence-corrected chi connectivity index (χ3v) is 4.95. The number of hydrazone groups is 1. The Labute approximate surface area is 204 Å². The fourth-order valence-electron chi connectivity index (χ4n) is 2.86. The van der Waals surface area contributed by atoms with Crippen LogP contribution in [0, 0.1) is 20.2 Å². The van der Waals surface area contributed by atoms with Gasteiger partial charge < -0.3 is 9.47 Å². The quantitative estimate of drug-likeness (QED) is 0.196. The van der Waals surface area contributed by atoms with E-state index in [0.29, 0.717) is 28.7 Å². The van der Waals surface area contributed by atoms with Crippen LogP contribution in [0.1, 0.15) is 18.1 Å². The van der Waals surface area contributed by atoms with Crippen molar-refractivity contribution in [1.29, 1.82) is 0 Å². The van der Waals surface area contributed by atoms with Gasteiger partial charge in [-0.2, -0.15) is 5.10 Å². The zero-order chi connectivity index (χ0) is 24.7. The third-order valence-electron chi connectivity index (χ3n) is 4.42. The predicted octanol–water partition coefficient (Wildman–Crippen LogP) is 6.23. The molecule has 0 aromatic heterocycles. The second-order valence-electron chi connectivity index (χ2n) is 6.76. The summed E-state index contributed by atoms with van der Waals surface area (Å²) in [4.78, 5) is 20.7. The van der Waals surface area contributed by atoms with E-state index in [2.05, 4.69) is 10.5 Å². The number of ether oxygens (including phenoxy) is 2. The molecule has 0 unspecified atom stereocenters. The first-order valence-corrected chi connectivity index (χ1v) is 10.6. The Hall–Kier alpha value is -3.89. The van der Waals surface area contributed by atoms with Crippen LogP contribution in [-0.4, -0.2) is 22.7 Å². The summed E-state index contributed by atoms with van der Waals surface area (Å²) in [6, 6.07) is 13.6. The lowest BCUT2D eigenvalue weighted by Crippen LogP contribution is -2.02. The Bertz CT molecular complexity index is 1230. The van der Waals surface area contributed by atoms with Crippen molar-refractivity contribution < 1.29 is 19.3 Å². The van der Waals surface area contributed by atoms with E-state index in [4.69, 9.17) is 32.7 Å². The zero-order valence-corrected chi connectivity index (χ0v) is 19.2. The highest BCUT2D eigenvalue weighted by Crippen LogP contribution is 2.37. The van der Waals surface area contributed by atoms with Crippen LogP contribution in [0.25, 0.3) is 0 Å². The number of halogens is 2. The monoisotopic (exact) mass is 504 g/mol. The first-order chi connectivity index (χ1) is 16.3. The van der Waals surface area contributed by atoms with Crippen LogP contribution >= 0.6 is 23.2 Å². The number of benzene rings is 3. The molecule has 0 aliphatic carbocycles. The lowest BCUT2D eigenvalue weighted by atomic mass is 10.2. The van der Waals surface area contributed by atoms with Gasteiger partial charge in [0.25, 0.3) is 5.69 Å². The fraction of sp³-hybridized carbons (Fsp3) is 0.136. The fourth-order valence-corrected chi connectivity index (χ4v) is 3.26. The minimum absolute atomic E-state index is 0.00843. The molecule has 1 N–H and O–H groups in total. The predicted molar refractivity (Wildman–Crippen MR) is 129 cm³/mol. The van der Waals surface area contributed by atoms with Crippen LogP contribution in [-0.2, 0) is 6.61 Å². The molecule has 10 nitrogen and oxygen atoms in total. The molecule has 0 amide bonds. The summed E-state index contributed by atoms with van der Waals surface area (Å²) in [7, 11) is 0. The molecule has 3 aromatic carbocycles. The molecule has 0 fully saturated rings. The van der Waals surface area contributed by atoms with E-state index in [-0.39, 0.29) is 17.3 Å². The average Bonchev–Trinajstić information content (AvgIpc) is 2.80. The van der Waals surface area contributed by atoms with Crippen molar-refractivity contribution in [3.63, 3.8) is 0 Å². The van der Waals surface area contributed by atoms with E-state index in [9.17, 15) is 20.2 Å². The maximum absolute atomic E-state index is 11.2. The summed E-state index contributed by atoms with van der Waals surface area (Å²) in [6.07, 6.45) is 1.38. The van der Waals surface area contributed by atoms with Crippen molar-refractivity contribution in [2.75, 3.05) is 12.0 Å². The molecular weight excluding hydrogens is 487 g/mol. The molecule has 3 aromatic rings. The second-order valence-corrected chi connectivity index (χ2v) is 7.61. The number of nitrogens with zero attached hydrogens (tertiary/aromatic N) is 3. The van der Waals surface area contributed by atoms with Gasteiger partial charge in [0.05, 0.1) is 33.8 Å². The Morgan fingerprint density at radius 1 is 1.00 bits per heavy atom. The van der Waals surface area contributed by atoms with Crippen molar-refractivity contribution in [3.8, 4) is 11.5 Å². The molecule has 0 atom stereocenters. The molecule has 0 radical (unpaired) electrons. The lowest BCUT2D eigenvalue weighted by molar-refractivity contribution is -0.393. The smallest absolute Gasteiger partial charge is 0.301 e. The number of rotatable bonds is 10. The summed E-state index contributed by atoms with van der Waals surface area (Å²) >= 11 is 12.3. The maximum Gasteiger partial charge on any atom is 0.301 e. The van der Waals surface area contributed by atoms with Gasteiger partial charge in [-0.05, 0) is 48.4 Å². The first kappa shape index (κ1) is 24.7. The Morgan fingerprint density at radius 3 is 2.38 bits per heavy atom. The Morgan fingerprint density at radius 2 is 1.74 bits per heavy atom. The molecule has 0 saturated heterocycles. The van der Waals surface area contributed by atoms with E-state index in [1.54, 1.807) is 24.3 Å². The number of hydrogen-bond donors (Lipinski definition) is 1. The molecule has 0 bridgehead atoms. The van der Waals surface area contributed by atoms with Gasteiger partial charge in [0.15, 0.2) is 11.5 Å². The SMILES string of the molecule is CCOc1cc(/C=N\Nc2ccc([N+](=O)[O-])cc2[N+](=O)[O-])cc(Cl)c1OCc1ccc(Cl)cc1. The molecule has 0 heterocycles. The number of hydrogen-bond acceptors (Lipinski definition) is 8. The minimum Gasteiger partial charge on any atom is -0.490 e. The van der Waals surface area contributed by atoms with Gasteiger partial charge in [-0.25, -0.2) is 0 Å². The Kier molecular flexibility index (Phi) is 8.23. The number of anilines is 1.